The third-order valence-electron chi connectivity index (χ3n) is 5.90. The predicted molar refractivity (Wildman–Crippen MR) is 78.5 cm³/mol. The second-order valence-corrected chi connectivity index (χ2v) is 7.77. The number of Topliss-reactive ketones (excluding diaryl/α,β-unsaturated/α-hetero) is 1. The van der Waals surface area contributed by atoms with Gasteiger partial charge in [-0.1, -0.05) is 0 Å². The van der Waals surface area contributed by atoms with E-state index in [0.29, 0.717) is 11.2 Å². The van der Waals surface area contributed by atoms with Gasteiger partial charge in [-0.15, -0.1) is 0 Å². The van der Waals surface area contributed by atoms with Gasteiger partial charge in [-0.2, -0.15) is 0 Å². The van der Waals surface area contributed by atoms with Crippen molar-refractivity contribution in [2.24, 2.45) is 23.2 Å². The van der Waals surface area contributed by atoms with E-state index in [-0.39, 0.29) is 0 Å². The SMILES string of the molecule is Cc1cncc(C(=O)CC23CC4CC(CC(C4)C2)C3)c1. The minimum Gasteiger partial charge on any atom is -0.294 e. The van der Waals surface area contributed by atoms with E-state index >= 15 is 0 Å². The maximum absolute atomic E-state index is 12.6. The summed E-state index contributed by atoms with van der Waals surface area (Å²) in [4.78, 5) is 16.8. The largest absolute Gasteiger partial charge is 0.294 e. The van der Waals surface area contributed by atoms with Crippen LogP contribution in [0, 0.1) is 30.1 Å². The Morgan fingerprint density at radius 2 is 1.75 bits per heavy atom. The van der Waals surface area contributed by atoms with Gasteiger partial charge in [-0.05, 0) is 80.2 Å². The molecule has 4 fully saturated rings. The van der Waals surface area contributed by atoms with Crippen molar-refractivity contribution in [1.29, 1.82) is 0 Å². The number of hydrogen-bond donors (Lipinski definition) is 0. The molecule has 2 heteroatoms. The molecule has 4 aliphatic carbocycles. The van der Waals surface area contributed by atoms with Crippen LogP contribution >= 0.6 is 0 Å². The zero-order chi connectivity index (χ0) is 13.7. The summed E-state index contributed by atoms with van der Waals surface area (Å²) in [6.07, 6.45) is 12.6. The van der Waals surface area contributed by atoms with Crippen molar-refractivity contribution in [3.63, 3.8) is 0 Å². The second-order valence-electron chi connectivity index (χ2n) is 7.77. The molecule has 0 aromatic carbocycles. The summed E-state index contributed by atoms with van der Waals surface area (Å²) in [6, 6.07) is 2.00. The summed E-state index contributed by atoms with van der Waals surface area (Å²) in [6.45, 7) is 2.01. The van der Waals surface area contributed by atoms with Crippen molar-refractivity contribution >= 4 is 5.78 Å². The number of nitrogens with zero attached hydrogens (tertiary/aromatic N) is 1. The van der Waals surface area contributed by atoms with Crippen LogP contribution in [0.25, 0.3) is 0 Å². The van der Waals surface area contributed by atoms with Gasteiger partial charge in [0.05, 0.1) is 0 Å². The van der Waals surface area contributed by atoms with E-state index in [4.69, 9.17) is 0 Å². The van der Waals surface area contributed by atoms with Gasteiger partial charge in [0.25, 0.3) is 0 Å². The van der Waals surface area contributed by atoms with Crippen molar-refractivity contribution in [2.75, 3.05) is 0 Å². The van der Waals surface area contributed by atoms with Crippen LogP contribution in [0.4, 0.5) is 0 Å². The van der Waals surface area contributed by atoms with E-state index in [2.05, 4.69) is 4.98 Å². The van der Waals surface area contributed by atoms with Crippen LogP contribution in [0.2, 0.25) is 0 Å². The number of carbonyl (C=O) groups excluding carboxylic acids is 1. The van der Waals surface area contributed by atoms with Gasteiger partial charge in [-0.25, -0.2) is 0 Å². The summed E-state index contributed by atoms with van der Waals surface area (Å²) in [7, 11) is 0. The number of hydrogen-bond acceptors (Lipinski definition) is 2. The third kappa shape index (κ3) is 2.10. The Bertz CT molecular complexity index is 513. The maximum atomic E-state index is 12.6. The molecule has 4 saturated carbocycles. The Morgan fingerprint density at radius 1 is 1.15 bits per heavy atom. The molecule has 1 aromatic heterocycles. The number of rotatable bonds is 3. The summed E-state index contributed by atoms with van der Waals surface area (Å²) < 4.78 is 0. The molecule has 0 saturated heterocycles. The summed E-state index contributed by atoms with van der Waals surface area (Å²) in [5.74, 6) is 3.09. The normalized spacial score (nSPS) is 38.1. The van der Waals surface area contributed by atoms with E-state index in [1.807, 2.05) is 19.2 Å². The zero-order valence-corrected chi connectivity index (χ0v) is 12.3. The average Bonchev–Trinajstić information content (AvgIpc) is 2.36. The lowest BCUT2D eigenvalue weighted by molar-refractivity contribution is -0.0524. The van der Waals surface area contributed by atoms with Crippen LogP contribution in [0.5, 0.6) is 0 Å². The molecule has 0 radical (unpaired) electrons. The van der Waals surface area contributed by atoms with Gasteiger partial charge in [-0.3, -0.25) is 9.78 Å². The summed E-state index contributed by atoms with van der Waals surface area (Å²) in [5.41, 5.74) is 2.25. The zero-order valence-electron chi connectivity index (χ0n) is 12.3. The fourth-order valence-corrected chi connectivity index (χ4v) is 5.66. The number of aromatic nitrogens is 1. The number of aryl methyl sites for hydroxylation is 1. The highest BCUT2D eigenvalue weighted by atomic mass is 16.1. The van der Waals surface area contributed by atoms with E-state index in [1.54, 1.807) is 6.20 Å². The van der Waals surface area contributed by atoms with E-state index in [0.717, 1.165) is 35.3 Å². The molecule has 0 unspecified atom stereocenters. The molecule has 0 amide bonds. The lowest BCUT2D eigenvalue weighted by atomic mass is 9.48. The lowest BCUT2D eigenvalue weighted by Crippen LogP contribution is -2.46. The minimum atomic E-state index is 0.322. The topological polar surface area (TPSA) is 30.0 Å². The molecule has 1 aromatic rings. The average molecular weight is 269 g/mol. The van der Waals surface area contributed by atoms with Crippen molar-refractivity contribution in [3.05, 3.63) is 29.6 Å². The predicted octanol–water partition coefficient (Wildman–Crippen LogP) is 4.18. The van der Waals surface area contributed by atoms with E-state index < -0.39 is 0 Å². The molecule has 2 nitrogen and oxygen atoms in total. The van der Waals surface area contributed by atoms with Crippen LogP contribution in [-0.2, 0) is 0 Å². The second kappa shape index (κ2) is 4.41. The Hall–Kier alpha value is -1.18. The Balaban J connectivity index is 1.55. The van der Waals surface area contributed by atoms with Gasteiger partial charge in [0.15, 0.2) is 5.78 Å². The molecule has 0 aliphatic heterocycles. The third-order valence-corrected chi connectivity index (χ3v) is 5.90. The van der Waals surface area contributed by atoms with Crippen molar-refractivity contribution in [1.82, 2.24) is 4.98 Å². The van der Waals surface area contributed by atoms with Crippen molar-refractivity contribution in [2.45, 2.75) is 51.9 Å². The molecule has 4 bridgehead atoms. The maximum Gasteiger partial charge on any atom is 0.164 e. The highest BCUT2D eigenvalue weighted by Gasteiger charge is 2.51. The number of ketones is 1. The Morgan fingerprint density at radius 3 is 2.30 bits per heavy atom. The van der Waals surface area contributed by atoms with Gasteiger partial charge in [0.2, 0.25) is 0 Å². The van der Waals surface area contributed by atoms with Crippen LogP contribution in [0.3, 0.4) is 0 Å². The van der Waals surface area contributed by atoms with Crippen LogP contribution in [-0.4, -0.2) is 10.8 Å². The van der Waals surface area contributed by atoms with E-state index in [9.17, 15) is 4.79 Å². The molecule has 1 heterocycles. The highest BCUT2D eigenvalue weighted by molar-refractivity contribution is 5.96. The molecule has 4 aliphatic rings. The van der Waals surface area contributed by atoms with Crippen LogP contribution < -0.4 is 0 Å². The summed E-state index contributed by atoms with van der Waals surface area (Å²) in [5, 5.41) is 0. The molecule has 20 heavy (non-hydrogen) atoms. The lowest BCUT2D eigenvalue weighted by Gasteiger charge is -2.56. The Labute approximate surface area is 121 Å². The first-order chi connectivity index (χ1) is 9.62. The fourth-order valence-electron chi connectivity index (χ4n) is 5.66. The van der Waals surface area contributed by atoms with Crippen molar-refractivity contribution < 1.29 is 4.79 Å². The van der Waals surface area contributed by atoms with Crippen LogP contribution in [0.1, 0.15) is 60.9 Å². The minimum absolute atomic E-state index is 0.322. The number of pyridine rings is 1. The van der Waals surface area contributed by atoms with Gasteiger partial charge >= 0.3 is 0 Å². The van der Waals surface area contributed by atoms with Crippen molar-refractivity contribution in [3.8, 4) is 0 Å². The molecular formula is C18H23NO. The smallest absolute Gasteiger partial charge is 0.164 e. The van der Waals surface area contributed by atoms with Gasteiger partial charge < -0.3 is 0 Å². The summed E-state index contributed by atoms with van der Waals surface area (Å²) >= 11 is 0. The van der Waals surface area contributed by atoms with Gasteiger partial charge in [0.1, 0.15) is 0 Å². The molecule has 0 N–H and O–H groups in total. The Kier molecular flexibility index (Phi) is 2.77. The number of carbonyl (C=O) groups is 1. The fraction of sp³-hybridized carbons (Fsp3) is 0.667. The first-order valence-corrected chi connectivity index (χ1v) is 8.07. The quantitative estimate of drug-likeness (QED) is 0.770. The first kappa shape index (κ1) is 12.6. The van der Waals surface area contributed by atoms with Crippen LogP contribution in [0.15, 0.2) is 18.5 Å². The van der Waals surface area contributed by atoms with Gasteiger partial charge in [0, 0.05) is 24.4 Å². The molecule has 106 valence electrons. The standard InChI is InChI=1S/C18H23NO/c1-12-2-16(11-19-10-12)17(20)9-18-6-13-3-14(7-18)5-15(4-13)8-18/h2,10-11,13-15H,3-9H2,1H3. The van der Waals surface area contributed by atoms with E-state index in [1.165, 1.54) is 38.5 Å². The molecular weight excluding hydrogens is 246 g/mol. The monoisotopic (exact) mass is 269 g/mol. The highest BCUT2D eigenvalue weighted by Crippen LogP contribution is 2.61. The first-order valence-electron chi connectivity index (χ1n) is 8.07. The molecule has 0 spiro atoms. The molecule has 0 atom stereocenters. The molecule has 5 rings (SSSR count).